The largest absolute Gasteiger partial charge is 0.360 e. The summed E-state index contributed by atoms with van der Waals surface area (Å²) in [6.07, 6.45) is 0. The summed E-state index contributed by atoms with van der Waals surface area (Å²) in [4.78, 5) is 0. The van der Waals surface area contributed by atoms with Crippen LogP contribution in [-0.4, -0.2) is 24.5 Å². The molecule has 0 fully saturated rings. The van der Waals surface area contributed by atoms with Gasteiger partial charge in [-0.2, -0.15) is 10.4 Å². The number of aromatic nitrogens is 2. The fourth-order valence-electron chi connectivity index (χ4n) is 1.93. The molecule has 2 rings (SSSR count). The highest BCUT2D eigenvalue weighted by Crippen LogP contribution is 2.26. The van der Waals surface area contributed by atoms with Crippen LogP contribution in [0.25, 0.3) is 10.9 Å². The maximum Gasteiger partial charge on any atom is 0.173 e. The Morgan fingerprint density at radius 3 is 2.76 bits per heavy atom. The predicted molar refractivity (Wildman–Crippen MR) is 86.2 cm³/mol. The Labute approximate surface area is 132 Å². The van der Waals surface area contributed by atoms with Crippen LogP contribution in [0.4, 0.5) is 4.39 Å². The summed E-state index contributed by atoms with van der Waals surface area (Å²) in [5.74, 6) is -0.454. The molecule has 1 heterocycles. The summed E-state index contributed by atoms with van der Waals surface area (Å²) in [7, 11) is -1.14. The van der Waals surface area contributed by atoms with Crippen molar-refractivity contribution in [3.63, 3.8) is 0 Å². The van der Waals surface area contributed by atoms with Gasteiger partial charge in [0.25, 0.3) is 0 Å². The van der Waals surface area contributed by atoms with Gasteiger partial charge in [0.2, 0.25) is 0 Å². The monoisotopic (exact) mass is 369 g/mol. The molecular formula is C14H17BrFN3OSi. The number of halogens is 2. The van der Waals surface area contributed by atoms with Crippen molar-refractivity contribution in [2.75, 3.05) is 6.61 Å². The molecule has 0 spiro atoms. The summed E-state index contributed by atoms with van der Waals surface area (Å²) >= 11 is 3.26. The van der Waals surface area contributed by atoms with Crippen LogP contribution in [0.3, 0.4) is 0 Å². The van der Waals surface area contributed by atoms with E-state index >= 15 is 0 Å². The molecule has 0 unspecified atom stereocenters. The molecule has 0 atom stereocenters. The molecule has 7 heteroatoms. The number of hydrogen-bond acceptors (Lipinski definition) is 3. The SMILES string of the molecule is C[Si](C)(C)CCOCn1nc(C#N)c2c(F)cc(Br)cc21. The molecule has 4 nitrogen and oxygen atoms in total. The van der Waals surface area contributed by atoms with Gasteiger partial charge in [0.15, 0.2) is 5.69 Å². The van der Waals surface area contributed by atoms with E-state index in [0.29, 0.717) is 16.6 Å². The van der Waals surface area contributed by atoms with E-state index < -0.39 is 13.9 Å². The van der Waals surface area contributed by atoms with Crippen molar-refractivity contribution in [1.29, 1.82) is 5.26 Å². The van der Waals surface area contributed by atoms with Crippen LogP contribution in [0.1, 0.15) is 5.69 Å². The maximum atomic E-state index is 14.0. The van der Waals surface area contributed by atoms with Crippen molar-refractivity contribution in [2.24, 2.45) is 0 Å². The maximum absolute atomic E-state index is 14.0. The van der Waals surface area contributed by atoms with Crippen LogP contribution in [0.5, 0.6) is 0 Å². The molecule has 0 N–H and O–H groups in total. The Morgan fingerprint density at radius 1 is 1.43 bits per heavy atom. The molecule has 0 aliphatic rings. The lowest BCUT2D eigenvalue weighted by Crippen LogP contribution is -2.22. The van der Waals surface area contributed by atoms with Crippen molar-refractivity contribution < 1.29 is 9.13 Å². The number of fused-ring (bicyclic) bond motifs is 1. The highest BCUT2D eigenvalue weighted by molar-refractivity contribution is 9.10. The van der Waals surface area contributed by atoms with Crippen LogP contribution in [-0.2, 0) is 11.5 Å². The Bertz CT molecular complexity index is 703. The Morgan fingerprint density at radius 2 is 2.14 bits per heavy atom. The number of nitrogens with zero attached hydrogens (tertiary/aromatic N) is 3. The lowest BCUT2D eigenvalue weighted by Gasteiger charge is -2.15. The Balaban J connectivity index is 2.23. The minimum Gasteiger partial charge on any atom is -0.360 e. The fraction of sp³-hybridized carbons (Fsp3) is 0.429. The molecule has 0 amide bonds. The average Bonchev–Trinajstić information content (AvgIpc) is 2.72. The second kappa shape index (κ2) is 6.26. The standard InChI is InChI=1S/C14H17BrFN3OSi/c1-21(2,3)5-4-20-9-19-13-7-10(15)6-11(16)14(13)12(8-17)18-19/h6-7H,4-5,9H2,1-3H3. The van der Waals surface area contributed by atoms with Gasteiger partial charge in [0, 0.05) is 19.2 Å². The van der Waals surface area contributed by atoms with Crippen LogP contribution < -0.4 is 0 Å². The summed E-state index contributed by atoms with van der Waals surface area (Å²) in [5, 5.41) is 13.5. The Hall–Kier alpha value is -1.23. The summed E-state index contributed by atoms with van der Waals surface area (Å²) in [6, 6.07) is 6.06. The van der Waals surface area contributed by atoms with Crippen molar-refractivity contribution in [3.05, 3.63) is 28.1 Å². The van der Waals surface area contributed by atoms with E-state index in [4.69, 9.17) is 10.00 Å². The van der Waals surface area contributed by atoms with Crippen molar-refractivity contribution in [2.45, 2.75) is 32.4 Å². The minimum atomic E-state index is -1.14. The number of rotatable bonds is 5. The first kappa shape index (κ1) is 16.1. The first-order valence-electron chi connectivity index (χ1n) is 6.65. The normalized spacial score (nSPS) is 11.8. The third kappa shape index (κ3) is 3.90. The Kier molecular flexibility index (Phi) is 4.81. The zero-order valence-electron chi connectivity index (χ0n) is 12.3. The minimum absolute atomic E-state index is 0.0868. The molecule has 112 valence electrons. The summed E-state index contributed by atoms with van der Waals surface area (Å²) < 4.78 is 21.8. The van der Waals surface area contributed by atoms with Gasteiger partial charge in [-0.3, -0.25) is 0 Å². The molecule has 21 heavy (non-hydrogen) atoms. The summed E-state index contributed by atoms with van der Waals surface area (Å²) in [5.41, 5.74) is 0.648. The van der Waals surface area contributed by atoms with Crippen molar-refractivity contribution in [1.82, 2.24) is 9.78 Å². The molecule has 0 aliphatic carbocycles. The molecule has 1 aromatic heterocycles. The molecule has 0 saturated heterocycles. The van der Waals surface area contributed by atoms with Gasteiger partial charge in [0.1, 0.15) is 18.6 Å². The van der Waals surface area contributed by atoms with Crippen LogP contribution in [0, 0.1) is 17.1 Å². The predicted octanol–water partition coefficient (Wildman–Crippen LogP) is 4.12. The van der Waals surface area contributed by atoms with E-state index in [2.05, 4.69) is 40.7 Å². The topological polar surface area (TPSA) is 50.8 Å². The quantitative estimate of drug-likeness (QED) is 0.588. The van der Waals surface area contributed by atoms with E-state index in [1.165, 1.54) is 10.7 Å². The fourth-order valence-corrected chi connectivity index (χ4v) is 3.10. The number of hydrogen-bond donors (Lipinski definition) is 0. The third-order valence-electron chi connectivity index (χ3n) is 3.09. The van der Waals surface area contributed by atoms with Gasteiger partial charge >= 0.3 is 0 Å². The lowest BCUT2D eigenvalue weighted by atomic mass is 10.2. The first-order chi connectivity index (χ1) is 9.81. The van der Waals surface area contributed by atoms with Crippen LogP contribution >= 0.6 is 15.9 Å². The molecular weight excluding hydrogens is 353 g/mol. The van der Waals surface area contributed by atoms with Gasteiger partial charge in [-0.1, -0.05) is 35.6 Å². The van der Waals surface area contributed by atoms with Crippen LogP contribution in [0.15, 0.2) is 16.6 Å². The zero-order chi connectivity index (χ0) is 15.6. The number of nitriles is 1. The molecule has 2 aromatic rings. The van der Waals surface area contributed by atoms with Gasteiger partial charge in [-0.15, -0.1) is 0 Å². The van der Waals surface area contributed by atoms with Gasteiger partial charge < -0.3 is 4.74 Å². The highest BCUT2D eigenvalue weighted by atomic mass is 79.9. The van der Waals surface area contributed by atoms with E-state index in [1.807, 2.05) is 6.07 Å². The van der Waals surface area contributed by atoms with Crippen LogP contribution in [0.2, 0.25) is 25.7 Å². The van der Waals surface area contributed by atoms with E-state index in [-0.39, 0.29) is 17.8 Å². The second-order valence-electron chi connectivity index (χ2n) is 6.09. The molecule has 1 aromatic carbocycles. The van der Waals surface area contributed by atoms with Crippen molar-refractivity contribution >= 4 is 34.9 Å². The smallest absolute Gasteiger partial charge is 0.173 e. The van der Waals surface area contributed by atoms with Gasteiger partial charge in [0.05, 0.1) is 10.9 Å². The molecule has 0 saturated carbocycles. The lowest BCUT2D eigenvalue weighted by molar-refractivity contribution is 0.0816. The van der Waals surface area contributed by atoms with E-state index in [1.54, 1.807) is 6.07 Å². The first-order valence-corrected chi connectivity index (χ1v) is 11.2. The third-order valence-corrected chi connectivity index (χ3v) is 5.25. The van der Waals surface area contributed by atoms with E-state index in [0.717, 1.165) is 6.04 Å². The van der Waals surface area contributed by atoms with Gasteiger partial charge in [-0.25, -0.2) is 9.07 Å². The highest BCUT2D eigenvalue weighted by Gasteiger charge is 2.16. The van der Waals surface area contributed by atoms with Crippen molar-refractivity contribution in [3.8, 4) is 6.07 Å². The number of ether oxygens (including phenoxy) is 1. The summed E-state index contributed by atoms with van der Waals surface area (Å²) in [6.45, 7) is 7.70. The average molecular weight is 370 g/mol. The second-order valence-corrected chi connectivity index (χ2v) is 12.6. The zero-order valence-corrected chi connectivity index (χ0v) is 14.9. The van der Waals surface area contributed by atoms with Gasteiger partial charge in [-0.05, 0) is 18.2 Å². The molecule has 0 radical (unpaired) electrons. The molecule has 0 bridgehead atoms. The van der Waals surface area contributed by atoms with E-state index in [9.17, 15) is 4.39 Å². The number of benzene rings is 1. The molecule has 0 aliphatic heterocycles.